The number of phenolic OH excluding ortho intramolecular Hbond substituents is 1. The quantitative estimate of drug-likeness (QED) is 0.360. The standard InChI is InChI=1S/C31H32O12/c1-12-17(32)8-20-28(41-12)43-27-13(2)40-18(9-19(27)42-20)14-4-5-15-22(24(14)34)25(35)16-6-7-30(38)11-29(3,37)10-21(33)31(30,39)23(16)26(15)36/h4-7,12-13,18-20,27-28,34,37-39H,8-11H2,1-3H3. The Morgan fingerprint density at radius 1 is 0.930 bits per heavy atom. The van der Waals surface area contributed by atoms with Crippen molar-refractivity contribution in [2.45, 2.75) is 106 Å². The van der Waals surface area contributed by atoms with Crippen LogP contribution in [0, 0.1) is 0 Å². The smallest absolute Gasteiger partial charge is 0.198 e. The van der Waals surface area contributed by atoms with Crippen LogP contribution in [0.1, 0.15) is 78.8 Å². The third-order valence-corrected chi connectivity index (χ3v) is 9.67. The van der Waals surface area contributed by atoms with Gasteiger partial charge in [-0.3, -0.25) is 19.2 Å². The van der Waals surface area contributed by atoms with E-state index in [9.17, 15) is 39.6 Å². The van der Waals surface area contributed by atoms with Gasteiger partial charge in [-0.1, -0.05) is 12.1 Å². The largest absolute Gasteiger partial charge is 0.507 e. The van der Waals surface area contributed by atoms with E-state index in [0.717, 1.165) is 12.2 Å². The maximum atomic E-state index is 13.8. The minimum Gasteiger partial charge on any atom is -0.507 e. The molecule has 3 saturated heterocycles. The van der Waals surface area contributed by atoms with Crippen molar-refractivity contribution in [3.63, 3.8) is 0 Å². The van der Waals surface area contributed by atoms with Crippen molar-refractivity contribution < 1.29 is 58.6 Å². The number of hydrogen-bond acceptors (Lipinski definition) is 12. The Balaban J connectivity index is 1.21. The van der Waals surface area contributed by atoms with Crippen molar-refractivity contribution in [1.29, 1.82) is 0 Å². The van der Waals surface area contributed by atoms with Gasteiger partial charge in [0.25, 0.3) is 0 Å². The number of allylic oxidation sites excluding steroid dienone is 2. The Labute approximate surface area is 245 Å². The number of ether oxygens (including phenoxy) is 4. The fourth-order valence-corrected chi connectivity index (χ4v) is 7.56. The predicted octanol–water partition coefficient (Wildman–Crippen LogP) is 0.920. The third-order valence-electron chi connectivity index (χ3n) is 9.67. The van der Waals surface area contributed by atoms with Crippen molar-refractivity contribution in [2.24, 2.45) is 0 Å². The zero-order chi connectivity index (χ0) is 30.8. The highest BCUT2D eigenvalue weighted by Crippen LogP contribution is 2.52. The lowest BCUT2D eigenvalue weighted by Gasteiger charge is -2.51. The van der Waals surface area contributed by atoms with Gasteiger partial charge in [0.15, 0.2) is 35.0 Å². The molecule has 12 heteroatoms. The summed E-state index contributed by atoms with van der Waals surface area (Å²) in [6.45, 7) is 4.78. The number of aliphatic hydroxyl groups is 3. The summed E-state index contributed by atoms with van der Waals surface area (Å²) in [5.74, 6) is -3.28. The summed E-state index contributed by atoms with van der Waals surface area (Å²) in [6, 6.07) is 2.76. The summed E-state index contributed by atoms with van der Waals surface area (Å²) in [5, 5.41) is 44.9. The second-order valence-electron chi connectivity index (χ2n) is 12.8. The molecule has 10 atom stereocenters. The molecular formula is C31H32O12. The number of rotatable bonds is 1. The average Bonchev–Trinajstić information content (AvgIpc) is 2.92. The van der Waals surface area contributed by atoms with Crippen LogP contribution in [0.15, 0.2) is 35.4 Å². The van der Waals surface area contributed by atoms with Crippen LogP contribution >= 0.6 is 0 Å². The van der Waals surface area contributed by atoms with Crippen molar-refractivity contribution in [3.05, 3.63) is 52.1 Å². The maximum Gasteiger partial charge on any atom is 0.198 e. The Hall–Kier alpha value is -3.10. The first-order valence-electron chi connectivity index (χ1n) is 14.4. The lowest BCUT2D eigenvalue weighted by Crippen LogP contribution is -2.69. The number of ketones is 4. The Bertz CT molecular complexity index is 1560. The number of benzene rings is 1. The van der Waals surface area contributed by atoms with E-state index in [-0.39, 0.29) is 40.9 Å². The number of Topliss-reactive ketones (excluding diaryl/α,β-unsaturated/α-hetero) is 4. The first-order valence-corrected chi connectivity index (χ1v) is 14.4. The summed E-state index contributed by atoms with van der Waals surface area (Å²) < 4.78 is 24.2. The molecule has 0 radical (unpaired) electrons. The van der Waals surface area contributed by atoms with Crippen LogP contribution < -0.4 is 0 Å². The maximum absolute atomic E-state index is 13.8. The fourth-order valence-electron chi connectivity index (χ4n) is 7.56. The summed E-state index contributed by atoms with van der Waals surface area (Å²) >= 11 is 0. The number of hydrogen-bond donors (Lipinski definition) is 4. The van der Waals surface area contributed by atoms with Crippen LogP contribution in [-0.2, 0) is 28.5 Å². The van der Waals surface area contributed by atoms with Crippen LogP contribution in [0.5, 0.6) is 5.75 Å². The van der Waals surface area contributed by atoms with Crippen LogP contribution in [-0.4, -0.2) is 97.2 Å². The van der Waals surface area contributed by atoms with E-state index in [1.165, 1.54) is 19.1 Å². The molecule has 0 amide bonds. The second kappa shape index (κ2) is 9.21. The number of fused-ring (bicyclic) bond motifs is 5. The molecule has 1 saturated carbocycles. The molecule has 0 aromatic heterocycles. The lowest BCUT2D eigenvalue weighted by molar-refractivity contribution is -0.347. The highest BCUT2D eigenvalue weighted by atomic mass is 16.7. The van der Waals surface area contributed by atoms with Gasteiger partial charge in [-0.05, 0) is 32.9 Å². The van der Waals surface area contributed by atoms with Crippen LogP contribution in [0.25, 0.3) is 0 Å². The molecule has 1 aromatic carbocycles. The van der Waals surface area contributed by atoms with E-state index in [2.05, 4.69) is 0 Å². The fraction of sp³-hybridized carbons (Fsp3) is 0.548. The molecule has 43 heavy (non-hydrogen) atoms. The SMILES string of the molecule is CC1OC2OC3C(C)OC(c4ccc5c(c4O)C(=O)C4=C(C5=O)C5(O)C(=O)CC(C)(O)CC5(O)C=C4)CC3OC2CC1=O. The van der Waals surface area contributed by atoms with Crippen molar-refractivity contribution in [2.75, 3.05) is 0 Å². The van der Waals surface area contributed by atoms with Gasteiger partial charge in [-0.2, -0.15) is 0 Å². The highest BCUT2D eigenvalue weighted by molar-refractivity contribution is 6.32. The monoisotopic (exact) mass is 596 g/mol. The van der Waals surface area contributed by atoms with Gasteiger partial charge in [0, 0.05) is 42.4 Å². The molecule has 3 heterocycles. The van der Waals surface area contributed by atoms with Gasteiger partial charge in [0.2, 0.25) is 0 Å². The number of carbonyl (C=O) groups is 4. The van der Waals surface area contributed by atoms with E-state index in [1.807, 2.05) is 0 Å². The average molecular weight is 597 g/mol. The molecule has 6 aliphatic rings. The van der Waals surface area contributed by atoms with Crippen LogP contribution in [0.3, 0.4) is 0 Å². The molecule has 12 nitrogen and oxygen atoms in total. The molecule has 0 spiro atoms. The first kappa shape index (κ1) is 28.7. The van der Waals surface area contributed by atoms with Gasteiger partial charge in [-0.15, -0.1) is 0 Å². The predicted molar refractivity (Wildman–Crippen MR) is 143 cm³/mol. The highest BCUT2D eigenvalue weighted by Gasteiger charge is 2.66. The molecule has 4 fully saturated rings. The van der Waals surface area contributed by atoms with Gasteiger partial charge >= 0.3 is 0 Å². The third kappa shape index (κ3) is 3.94. The molecule has 1 aromatic rings. The number of phenols is 1. The van der Waals surface area contributed by atoms with Crippen molar-refractivity contribution in [1.82, 2.24) is 0 Å². The van der Waals surface area contributed by atoms with Crippen molar-refractivity contribution in [3.8, 4) is 5.75 Å². The number of carbonyl (C=O) groups excluding carboxylic acids is 4. The molecule has 10 unspecified atom stereocenters. The van der Waals surface area contributed by atoms with Gasteiger partial charge in [-0.25, -0.2) is 0 Å². The topological polar surface area (TPSA) is 186 Å². The molecule has 228 valence electrons. The van der Waals surface area contributed by atoms with E-state index in [0.29, 0.717) is 0 Å². The van der Waals surface area contributed by atoms with E-state index in [1.54, 1.807) is 13.8 Å². The van der Waals surface area contributed by atoms with Crippen LogP contribution in [0.2, 0.25) is 0 Å². The van der Waals surface area contributed by atoms with Gasteiger partial charge in [0.1, 0.15) is 29.7 Å². The van der Waals surface area contributed by atoms with Crippen LogP contribution in [0.4, 0.5) is 0 Å². The normalized spacial score (nSPS) is 43.9. The van der Waals surface area contributed by atoms with Crippen molar-refractivity contribution >= 4 is 23.1 Å². The molecule has 4 N–H and O–H groups in total. The molecule has 3 aliphatic carbocycles. The van der Waals surface area contributed by atoms with E-state index >= 15 is 0 Å². The van der Waals surface area contributed by atoms with Gasteiger partial charge in [0.05, 0.1) is 35.0 Å². The number of aromatic hydroxyl groups is 1. The Morgan fingerprint density at radius 3 is 2.42 bits per heavy atom. The minimum absolute atomic E-state index is 0.0932. The Kier molecular flexibility index (Phi) is 6.14. The zero-order valence-electron chi connectivity index (χ0n) is 23.7. The Morgan fingerprint density at radius 2 is 1.67 bits per heavy atom. The second-order valence-corrected chi connectivity index (χ2v) is 12.8. The summed E-state index contributed by atoms with van der Waals surface area (Å²) in [7, 11) is 0. The molecule has 3 aliphatic heterocycles. The first-order chi connectivity index (χ1) is 20.1. The molecule has 7 rings (SSSR count). The molecular weight excluding hydrogens is 564 g/mol. The van der Waals surface area contributed by atoms with E-state index < -0.39 is 101 Å². The van der Waals surface area contributed by atoms with E-state index in [4.69, 9.17) is 18.9 Å². The summed E-state index contributed by atoms with van der Waals surface area (Å²) in [5.41, 5.74) is -7.95. The zero-order valence-corrected chi connectivity index (χ0v) is 23.7. The molecule has 0 bridgehead atoms. The summed E-state index contributed by atoms with van der Waals surface area (Å²) in [6.07, 6.45) is -2.64. The van der Waals surface area contributed by atoms with Gasteiger partial charge < -0.3 is 39.4 Å². The minimum atomic E-state index is -2.76. The lowest BCUT2D eigenvalue weighted by atomic mass is 9.57. The summed E-state index contributed by atoms with van der Waals surface area (Å²) in [4.78, 5) is 53.0.